The molecule has 3 N–H and O–H groups in total. The first-order chi connectivity index (χ1) is 9.88. The van der Waals surface area contributed by atoms with Crippen molar-refractivity contribution in [3.05, 3.63) is 0 Å². The van der Waals surface area contributed by atoms with Gasteiger partial charge in [0.25, 0.3) is 0 Å². The Bertz CT molecular complexity index is 291. The van der Waals surface area contributed by atoms with Crippen molar-refractivity contribution in [1.82, 2.24) is 10.6 Å². The highest BCUT2D eigenvalue weighted by Gasteiger charge is 2.35. The van der Waals surface area contributed by atoms with Gasteiger partial charge in [0, 0.05) is 18.7 Å². The third kappa shape index (κ3) is 3.37. The van der Waals surface area contributed by atoms with Crippen LogP contribution in [0.5, 0.6) is 0 Å². The fourth-order valence-corrected chi connectivity index (χ4v) is 4.89. The summed E-state index contributed by atoms with van der Waals surface area (Å²) >= 11 is 0. The van der Waals surface area contributed by atoms with Crippen LogP contribution in [0.15, 0.2) is 0 Å². The lowest BCUT2D eigenvalue weighted by Gasteiger charge is -2.34. The molecule has 2 aliphatic carbocycles. The molecular weight excluding hydrogens is 248 g/mol. The van der Waals surface area contributed by atoms with Gasteiger partial charge >= 0.3 is 0 Å². The number of nitrogens with one attached hydrogen (secondary N) is 2. The Morgan fingerprint density at radius 2 is 1.75 bits per heavy atom. The van der Waals surface area contributed by atoms with Gasteiger partial charge in [-0.05, 0) is 69.4 Å². The molecule has 0 aromatic carbocycles. The second kappa shape index (κ2) is 7.24. The van der Waals surface area contributed by atoms with Crippen LogP contribution in [0.1, 0.15) is 57.8 Å². The molecular formula is C17H32N2O. The lowest BCUT2D eigenvalue weighted by Crippen LogP contribution is -2.47. The molecule has 0 spiro atoms. The Hall–Kier alpha value is -0.120. The minimum Gasteiger partial charge on any atom is -0.396 e. The Morgan fingerprint density at radius 1 is 0.900 bits per heavy atom. The summed E-state index contributed by atoms with van der Waals surface area (Å²) in [6.07, 6.45) is 12.2. The van der Waals surface area contributed by atoms with Crippen LogP contribution in [0.2, 0.25) is 0 Å². The zero-order valence-corrected chi connectivity index (χ0v) is 12.8. The van der Waals surface area contributed by atoms with Gasteiger partial charge in [0.15, 0.2) is 0 Å². The molecule has 20 heavy (non-hydrogen) atoms. The van der Waals surface area contributed by atoms with Crippen molar-refractivity contribution in [2.24, 2.45) is 17.8 Å². The summed E-state index contributed by atoms with van der Waals surface area (Å²) in [6, 6.07) is 1.49. The van der Waals surface area contributed by atoms with Gasteiger partial charge in [0.05, 0.1) is 0 Å². The van der Waals surface area contributed by atoms with Gasteiger partial charge in [-0.15, -0.1) is 0 Å². The molecule has 0 radical (unpaired) electrons. The monoisotopic (exact) mass is 280 g/mol. The van der Waals surface area contributed by atoms with Crippen LogP contribution in [0, 0.1) is 17.8 Å². The van der Waals surface area contributed by atoms with E-state index in [1.165, 1.54) is 64.3 Å². The second-order valence-corrected chi connectivity index (χ2v) is 7.30. The number of hydrogen-bond donors (Lipinski definition) is 3. The van der Waals surface area contributed by atoms with Crippen LogP contribution >= 0.6 is 0 Å². The van der Waals surface area contributed by atoms with E-state index >= 15 is 0 Å². The Morgan fingerprint density at radius 3 is 2.55 bits per heavy atom. The summed E-state index contributed by atoms with van der Waals surface area (Å²) in [6.45, 7) is 2.76. The lowest BCUT2D eigenvalue weighted by atomic mass is 9.87. The molecule has 1 aliphatic heterocycles. The molecule has 3 aliphatic rings. The zero-order valence-electron chi connectivity index (χ0n) is 12.8. The molecule has 0 aromatic heterocycles. The summed E-state index contributed by atoms with van der Waals surface area (Å²) in [5, 5.41) is 17.1. The van der Waals surface area contributed by atoms with Gasteiger partial charge in [-0.3, -0.25) is 0 Å². The third-order valence-corrected chi connectivity index (χ3v) is 6.13. The van der Waals surface area contributed by atoms with Gasteiger partial charge in [-0.25, -0.2) is 0 Å². The fourth-order valence-electron chi connectivity index (χ4n) is 4.89. The van der Waals surface area contributed by atoms with Crippen molar-refractivity contribution in [3.8, 4) is 0 Å². The van der Waals surface area contributed by atoms with E-state index in [-0.39, 0.29) is 0 Å². The summed E-state index contributed by atoms with van der Waals surface area (Å²) < 4.78 is 0. The number of aliphatic hydroxyl groups is 1. The highest BCUT2D eigenvalue weighted by atomic mass is 16.3. The maximum atomic E-state index is 9.45. The molecule has 1 heterocycles. The van der Waals surface area contributed by atoms with E-state index < -0.39 is 0 Å². The molecule has 0 bridgehead atoms. The molecule has 0 amide bonds. The molecule has 5 unspecified atom stereocenters. The fraction of sp³-hybridized carbons (Fsp3) is 1.00. The van der Waals surface area contributed by atoms with E-state index in [1.807, 2.05) is 0 Å². The summed E-state index contributed by atoms with van der Waals surface area (Å²) in [5.74, 6) is 2.14. The predicted molar refractivity (Wildman–Crippen MR) is 82.7 cm³/mol. The van der Waals surface area contributed by atoms with E-state index in [0.717, 1.165) is 30.5 Å². The van der Waals surface area contributed by atoms with Gasteiger partial charge in [-0.2, -0.15) is 0 Å². The Labute approximate surface area is 123 Å². The van der Waals surface area contributed by atoms with Crippen LogP contribution < -0.4 is 10.6 Å². The molecule has 1 saturated heterocycles. The van der Waals surface area contributed by atoms with E-state index in [2.05, 4.69) is 10.6 Å². The average Bonchev–Trinajstić information content (AvgIpc) is 3.14. The van der Waals surface area contributed by atoms with Gasteiger partial charge < -0.3 is 15.7 Å². The molecule has 3 rings (SSSR count). The normalized spacial score (nSPS) is 42.1. The van der Waals surface area contributed by atoms with E-state index in [0.29, 0.717) is 12.5 Å². The minimum absolute atomic E-state index is 0.393. The highest BCUT2D eigenvalue weighted by molar-refractivity contribution is 4.93. The molecule has 3 fully saturated rings. The number of hydrogen-bond acceptors (Lipinski definition) is 3. The third-order valence-electron chi connectivity index (χ3n) is 6.13. The Balaban J connectivity index is 1.48. The van der Waals surface area contributed by atoms with Crippen LogP contribution in [0.3, 0.4) is 0 Å². The highest BCUT2D eigenvalue weighted by Crippen LogP contribution is 2.34. The first-order valence-corrected chi connectivity index (χ1v) is 8.96. The van der Waals surface area contributed by atoms with E-state index in [1.54, 1.807) is 0 Å². The first kappa shape index (κ1) is 14.8. The van der Waals surface area contributed by atoms with Crippen molar-refractivity contribution in [3.63, 3.8) is 0 Å². The maximum Gasteiger partial charge on any atom is 0.0462 e. The minimum atomic E-state index is 0.393. The van der Waals surface area contributed by atoms with Crippen molar-refractivity contribution < 1.29 is 5.11 Å². The first-order valence-electron chi connectivity index (χ1n) is 8.96. The smallest absolute Gasteiger partial charge is 0.0462 e. The summed E-state index contributed by atoms with van der Waals surface area (Å²) in [7, 11) is 0. The van der Waals surface area contributed by atoms with Crippen molar-refractivity contribution in [2.45, 2.75) is 69.9 Å². The summed E-state index contributed by atoms with van der Waals surface area (Å²) in [4.78, 5) is 0. The number of rotatable bonds is 5. The zero-order chi connectivity index (χ0) is 13.8. The molecule has 116 valence electrons. The molecule has 0 aromatic rings. The van der Waals surface area contributed by atoms with Gasteiger partial charge in [0.2, 0.25) is 0 Å². The van der Waals surface area contributed by atoms with Crippen LogP contribution in [0.25, 0.3) is 0 Å². The van der Waals surface area contributed by atoms with E-state index in [9.17, 15) is 5.11 Å². The van der Waals surface area contributed by atoms with Crippen molar-refractivity contribution in [1.29, 1.82) is 0 Å². The largest absolute Gasteiger partial charge is 0.396 e. The lowest BCUT2D eigenvalue weighted by molar-refractivity contribution is 0.184. The average molecular weight is 280 g/mol. The number of piperidine rings is 1. The molecule has 5 atom stereocenters. The molecule has 3 nitrogen and oxygen atoms in total. The SMILES string of the molecule is OCC1CCCC1CNC1CCCC1C1CCCCN1. The Kier molecular flexibility index (Phi) is 5.36. The maximum absolute atomic E-state index is 9.45. The molecule has 2 saturated carbocycles. The van der Waals surface area contributed by atoms with Crippen LogP contribution in [-0.4, -0.2) is 36.9 Å². The van der Waals surface area contributed by atoms with Crippen LogP contribution in [0.4, 0.5) is 0 Å². The molecule has 3 heteroatoms. The summed E-state index contributed by atoms with van der Waals surface area (Å²) in [5.41, 5.74) is 0. The second-order valence-electron chi connectivity index (χ2n) is 7.30. The number of aliphatic hydroxyl groups excluding tert-OH is 1. The standard InChI is InChI=1S/C17H32N2O/c20-12-14-6-3-5-13(14)11-19-17-9-4-7-15(17)16-8-1-2-10-18-16/h13-20H,1-12H2. The van der Waals surface area contributed by atoms with Crippen molar-refractivity contribution in [2.75, 3.05) is 19.7 Å². The van der Waals surface area contributed by atoms with Gasteiger partial charge in [0.1, 0.15) is 0 Å². The van der Waals surface area contributed by atoms with Crippen LogP contribution in [-0.2, 0) is 0 Å². The van der Waals surface area contributed by atoms with E-state index in [4.69, 9.17) is 0 Å². The predicted octanol–water partition coefficient (Wildman–Crippen LogP) is 2.30. The quantitative estimate of drug-likeness (QED) is 0.724. The van der Waals surface area contributed by atoms with Crippen molar-refractivity contribution >= 4 is 0 Å². The van der Waals surface area contributed by atoms with Gasteiger partial charge in [-0.1, -0.05) is 19.3 Å². The topological polar surface area (TPSA) is 44.3 Å².